The number of amides is 1. The van der Waals surface area contributed by atoms with Crippen molar-refractivity contribution < 1.29 is 4.79 Å². The first-order valence-electron chi connectivity index (χ1n) is 8.71. The van der Waals surface area contributed by atoms with Gasteiger partial charge in [-0.3, -0.25) is 4.79 Å². The predicted octanol–water partition coefficient (Wildman–Crippen LogP) is 2.43. The highest BCUT2D eigenvalue weighted by Gasteiger charge is 2.29. The van der Waals surface area contributed by atoms with Gasteiger partial charge < -0.3 is 9.88 Å². The molecule has 0 aliphatic carbocycles. The summed E-state index contributed by atoms with van der Waals surface area (Å²) in [6, 6.07) is 5.96. The number of benzene rings is 1. The van der Waals surface area contributed by atoms with Gasteiger partial charge in [-0.05, 0) is 44.4 Å². The van der Waals surface area contributed by atoms with Crippen LogP contribution in [0.2, 0.25) is 0 Å². The lowest BCUT2D eigenvalue weighted by atomic mass is 9.96. The van der Waals surface area contributed by atoms with Crippen LogP contribution >= 0.6 is 0 Å². The average molecular weight is 338 g/mol. The third kappa shape index (κ3) is 3.01. The Labute approximate surface area is 146 Å². The number of carbonyl (C=O) groups excluding carboxylic acids is 1. The van der Waals surface area contributed by atoms with Crippen LogP contribution in [0.5, 0.6) is 0 Å². The molecule has 25 heavy (non-hydrogen) atoms. The van der Waals surface area contributed by atoms with Crippen molar-refractivity contribution in [3.05, 3.63) is 42.2 Å². The highest BCUT2D eigenvalue weighted by molar-refractivity contribution is 5.80. The second kappa shape index (κ2) is 6.31. The standard InChI is InChI=1S/C18H22N6O/c1-12-3-4-15-16(9-12)22-17(21-15)14-5-7-23(8-6-14)18(25)13(2)24-11-19-10-20-24/h3-4,9-11,13-14H,5-8H2,1-2H3,(H,21,22)/t13-/m0/s1. The van der Waals surface area contributed by atoms with Crippen molar-refractivity contribution in [3.63, 3.8) is 0 Å². The quantitative estimate of drug-likeness (QED) is 0.795. The smallest absolute Gasteiger partial charge is 0.247 e. The first-order chi connectivity index (χ1) is 12.1. The number of H-pyrrole nitrogens is 1. The molecule has 1 N–H and O–H groups in total. The highest BCUT2D eigenvalue weighted by atomic mass is 16.2. The molecule has 1 amide bonds. The summed E-state index contributed by atoms with van der Waals surface area (Å²) in [4.78, 5) is 26.7. The molecule has 7 heteroatoms. The van der Waals surface area contributed by atoms with E-state index in [4.69, 9.17) is 4.98 Å². The largest absolute Gasteiger partial charge is 0.342 e. The van der Waals surface area contributed by atoms with Gasteiger partial charge in [-0.15, -0.1) is 0 Å². The molecule has 1 fully saturated rings. The molecule has 0 saturated carbocycles. The Bertz CT molecular complexity index is 876. The fourth-order valence-corrected chi connectivity index (χ4v) is 3.50. The summed E-state index contributed by atoms with van der Waals surface area (Å²) < 4.78 is 1.61. The molecular weight excluding hydrogens is 316 g/mol. The van der Waals surface area contributed by atoms with Crippen molar-refractivity contribution in [1.29, 1.82) is 0 Å². The topological polar surface area (TPSA) is 79.7 Å². The Kier molecular flexibility index (Phi) is 3.99. The molecule has 0 unspecified atom stereocenters. The molecular formula is C18H22N6O. The molecule has 0 radical (unpaired) electrons. The van der Waals surface area contributed by atoms with Gasteiger partial charge in [0.05, 0.1) is 11.0 Å². The van der Waals surface area contributed by atoms with E-state index in [-0.39, 0.29) is 11.9 Å². The zero-order valence-corrected chi connectivity index (χ0v) is 14.5. The molecule has 1 aliphatic heterocycles. The lowest BCUT2D eigenvalue weighted by molar-refractivity contribution is -0.135. The van der Waals surface area contributed by atoms with Crippen LogP contribution < -0.4 is 0 Å². The minimum atomic E-state index is -0.312. The zero-order valence-electron chi connectivity index (χ0n) is 14.5. The van der Waals surface area contributed by atoms with Crippen LogP contribution in [0.3, 0.4) is 0 Å². The number of aromatic nitrogens is 5. The van der Waals surface area contributed by atoms with E-state index < -0.39 is 0 Å². The highest BCUT2D eigenvalue weighted by Crippen LogP contribution is 2.28. The predicted molar refractivity (Wildman–Crippen MR) is 94.1 cm³/mol. The van der Waals surface area contributed by atoms with Gasteiger partial charge in [-0.25, -0.2) is 14.6 Å². The van der Waals surface area contributed by atoms with Crippen molar-refractivity contribution in [2.75, 3.05) is 13.1 Å². The molecule has 3 heterocycles. The molecule has 1 aromatic carbocycles. The van der Waals surface area contributed by atoms with E-state index in [1.165, 1.54) is 11.9 Å². The van der Waals surface area contributed by atoms with Crippen molar-refractivity contribution in [1.82, 2.24) is 29.6 Å². The van der Waals surface area contributed by atoms with E-state index in [1.54, 1.807) is 11.0 Å². The fourth-order valence-electron chi connectivity index (χ4n) is 3.50. The number of aromatic amines is 1. The van der Waals surface area contributed by atoms with Crippen LogP contribution in [0.1, 0.15) is 43.1 Å². The van der Waals surface area contributed by atoms with Crippen molar-refractivity contribution in [3.8, 4) is 0 Å². The summed E-state index contributed by atoms with van der Waals surface area (Å²) in [5, 5.41) is 4.07. The maximum absolute atomic E-state index is 12.6. The molecule has 7 nitrogen and oxygen atoms in total. The molecule has 1 atom stereocenters. The number of piperidine rings is 1. The third-order valence-electron chi connectivity index (χ3n) is 5.04. The van der Waals surface area contributed by atoms with E-state index in [2.05, 4.69) is 40.2 Å². The van der Waals surface area contributed by atoms with Gasteiger partial charge in [-0.2, -0.15) is 5.10 Å². The summed E-state index contributed by atoms with van der Waals surface area (Å²) in [6.07, 6.45) is 4.90. The van der Waals surface area contributed by atoms with Crippen LogP contribution in [0, 0.1) is 6.92 Å². The number of carbonyl (C=O) groups is 1. The number of rotatable bonds is 3. The number of hydrogen-bond donors (Lipinski definition) is 1. The number of fused-ring (bicyclic) bond motifs is 1. The van der Waals surface area contributed by atoms with E-state index >= 15 is 0 Å². The lowest BCUT2D eigenvalue weighted by Gasteiger charge is -2.32. The number of hydrogen-bond acceptors (Lipinski definition) is 4. The third-order valence-corrected chi connectivity index (χ3v) is 5.04. The van der Waals surface area contributed by atoms with Crippen LogP contribution in [0.25, 0.3) is 11.0 Å². The normalized spacial score (nSPS) is 17.1. The van der Waals surface area contributed by atoms with E-state index in [9.17, 15) is 4.79 Å². The number of aryl methyl sites for hydroxylation is 1. The molecule has 130 valence electrons. The van der Waals surface area contributed by atoms with E-state index in [0.717, 1.165) is 42.8 Å². The first kappa shape index (κ1) is 15.8. The van der Waals surface area contributed by atoms with Gasteiger partial charge >= 0.3 is 0 Å². The first-order valence-corrected chi connectivity index (χ1v) is 8.71. The summed E-state index contributed by atoms with van der Waals surface area (Å²) in [6.45, 7) is 5.45. The average Bonchev–Trinajstić information content (AvgIpc) is 3.30. The zero-order chi connectivity index (χ0) is 17.4. The minimum absolute atomic E-state index is 0.101. The summed E-state index contributed by atoms with van der Waals surface area (Å²) in [5.74, 6) is 1.51. The van der Waals surface area contributed by atoms with Crippen molar-refractivity contribution in [2.45, 2.75) is 38.6 Å². The molecule has 1 aliphatic rings. The molecule has 3 aromatic rings. The van der Waals surface area contributed by atoms with Gasteiger partial charge in [0.15, 0.2) is 0 Å². The van der Waals surface area contributed by atoms with Crippen LogP contribution in [-0.4, -0.2) is 48.6 Å². The molecule has 0 spiro atoms. The van der Waals surface area contributed by atoms with Gasteiger partial charge in [0, 0.05) is 19.0 Å². The Morgan fingerprint density at radius 2 is 2.12 bits per heavy atom. The number of likely N-dealkylation sites (tertiary alicyclic amines) is 1. The summed E-state index contributed by atoms with van der Waals surface area (Å²) in [7, 11) is 0. The van der Waals surface area contributed by atoms with Gasteiger partial charge in [0.25, 0.3) is 0 Å². The van der Waals surface area contributed by atoms with E-state index in [1.807, 2.05) is 11.8 Å². The Balaban J connectivity index is 1.43. The maximum atomic E-state index is 12.6. The Morgan fingerprint density at radius 3 is 2.84 bits per heavy atom. The lowest BCUT2D eigenvalue weighted by Crippen LogP contribution is -2.41. The monoisotopic (exact) mass is 338 g/mol. The van der Waals surface area contributed by atoms with E-state index in [0.29, 0.717) is 5.92 Å². The number of nitrogens with one attached hydrogen (secondary N) is 1. The SMILES string of the molecule is Cc1ccc2nc(C3CCN(C(=O)[C@H](C)n4cncn4)CC3)[nH]c2c1. The molecule has 2 aromatic heterocycles. The molecule has 0 bridgehead atoms. The van der Waals surface area contributed by atoms with Crippen LogP contribution in [-0.2, 0) is 4.79 Å². The fraction of sp³-hybridized carbons (Fsp3) is 0.444. The minimum Gasteiger partial charge on any atom is -0.342 e. The Hall–Kier alpha value is -2.70. The second-order valence-electron chi connectivity index (χ2n) is 6.79. The summed E-state index contributed by atoms with van der Waals surface area (Å²) >= 11 is 0. The molecule has 1 saturated heterocycles. The maximum Gasteiger partial charge on any atom is 0.247 e. The Morgan fingerprint density at radius 1 is 1.32 bits per heavy atom. The van der Waals surface area contributed by atoms with Gasteiger partial charge in [-0.1, -0.05) is 6.07 Å². The summed E-state index contributed by atoms with van der Waals surface area (Å²) in [5.41, 5.74) is 3.33. The van der Waals surface area contributed by atoms with Crippen molar-refractivity contribution in [2.24, 2.45) is 0 Å². The van der Waals surface area contributed by atoms with Gasteiger partial charge in [0.1, 0.15) is 24.5 Å². The van der Waals surface area contributed by atoms with Crippen LogP contribution in [0.15, 0.2) is 30.9 Å². The van der Waals surface area contributed by atoms with Crippen LogP contribution in [0.4, 0.5) is 0 Å². The number of imidazole rings is 1. The van der Waals surface area contributed by atoms with Crippen molar-refractivity contribution >= 4 is 16.9 Å². The second-order valence-corrected chi connectivity index (χ2v) is 6.79. The van der Waals surface area contributed by atoms with Gasteiger partial charge in [0.2, 0.25) is 5.91 Å². The molecule has 4 rings (SSSR count). The number of nitrogens with zero attached hydrogens (tertiary/aromatic N) is 5.